The van der Waals surface area contributed by atoms with Gasteiger partial charge >= 0.3 is 5.97 Å². The summed E-state index contributed by atoms with van der Waals surface area (Å²) in [6.45, 7) is 7.75. The molecule has 26 heavy (non-hydrogen) atoms. The van der Waals surface area contributed by atoms with Gasteiger partial charge in [-0.05, 0) is 37.8 Å². The number of ether oxygens (including phenoxy) is 1. The lowest BCUT2D eigenvalue weighted by Crippen LogP contribution is -2.45. The summed E-state index contributed by atoms with van der Waals surface area (Å²) in [6.07, 6.45) is 0.436. The summed E-state index contributed by atoms with van der Waals surface area (Å²) in [4.78, 5) is 26.4. The van der Waals surface area contributed by atoms with Crippen molar-refractivity contribution in [3.8, 4) is 0 Å². The van der Waals surface area contributed by atoms with Gasteiger partial charge in [-0.1, -0.05) is 31.5 Å². The Morgan fingerprint density at radius 2 is 1.96 bits per heavy atom. The van der Waals surface area contributed by atoms with E-state index in [0.717, 1.165) is 11.1 Å². The Morgan fingerprint density at radius 3 is 2.50 bits per heavy atom. The number of nitrogens with zero attached hydrogens (tertiary/aromatic N) is 1. The van der Waals surface area contributed by atoms with E-state index in [4.69, 9.17) is 4.74 Å². The van der Waals surface area contributed by atoms with E-state index >= 15 is 0 Å². The number of esters is 1. The average molecular weight is 381 g/mol. The molecule has 144 valence electrons. The first-order valence-corrected chi connectivity index (χ1v) is 10.7. The molecule has 0 spiro atoms. The second-order valence-corrected chi connectivity index (χ2v) is 9.62. The van der Waals surface area contributed by atoms with Crippen molar-refractivity contribution in [3.63, 3.8) is 0 Å². The molecule has 2 rings (SSSR count). The number of carbonyl (C=O) groups is 2. The summed E-state index contributed by atoms with van der Waals surface area (Å²) in [7, 11) is -3.10. The quantitative estimate of drug-likeness (QED) is 0.705. The van der Waals surface area contributed by atoms with E-state index in [9.17, 15) is 18.0 Å². The van der Waals surface area contributed by atoms with E-state index in [1.165, 1.54) is 0 Å². The van der Waals surface area contributed by atoms with Gasteiger partial charge in [0.15, 0.2) is 16.4 Å². The van der Waals surface area contributed by atoms with Crippen LogP contribution < -0.4 is 0 Å². The van der Waals surface area contributed by atoms with E-state index < -0.39 is 15.8 Å². The number of amides is 1. The molecule has 1 heterocycles. The van der Waals surface area contributed by atoms with Crippen LogP contribution in [0.1, 0.15) is 41.8 Å². The van der Waals surface area contributed by atoms with Crippen molar-refractivity contribution < 1.29 is 22.7 Å². The van der Waals surface area contributed by atoms with E-state index in [1.807, 2.05) is 39.8 Å². The Balaban J connectivity index is 2.03. The van der Waals surface area contributed by atoms with Crippen molar-refractivity contribution in [3.05, 3.63) is 34.9 Å². The molecule has 1 atom stereocenters. The van der Waals surface area contributed by atoms with Crippen molar-refractivity contribution in [1.82, 2.24) is 4.90 Å². The minimum Gasteiger partial charge on any atom is -0.452 e. The highest BCUT2D eigenvalue weighted by Gasteiger charge is 2.35. The average Bonchev–Trinajstić information content (AvgIpc) is 2.89. The largest absolute Gasteiger partial charge is 0.452 e. The first-order valence-electron chi connectivity index (χ1n) is 8.83. The molecule has 6 nitrogen and oxygen atoms in total. The third kappa shape index (κ3) is 5.30. The molecule has 1 saturated heterocycles. The number of sulfone groups is 1. The summed E-state index contributed by atoms with van der Waals surface area (Å²) < 4.78 is 28.7. The van der Waals surface area contributed by atoms with Crippen molar-refractivity contribution in [1.29, 1.82) is 0 Å². The summed E-state index contributed by atoms with van der Waals surface area (Å²) in [5.41, 5.74) is 2.27. The minimum absolute atomic E-state index is 0.0174. The van der Waals surface area contributed by atoms with Gasteiger partial charge in [0.1, 0.15) is 0 Å². The summed E-state index contributed by atoms with van der Waals surface area (Å²) in [6, 6.07) is 5.05. The highest BCUT2D eigenvalue weighted by molar-refractivity contribution is 7.91. The zero-order valence-corrected chi connectivity index (χ0v) is 16.6. The lowest BCUT2D eigenvalue weighted by Gasteiger charge is -2.29. The molecule has 1 aromatic carbocycles. The lowest BCUT2D eigenvalue weighted by atomic mass is 10.1. The van der Waals surface area contributed by atoms with Crippen LogP contribution in [0.2, 0.25) is 0 Å². The number of hydrogen-bond acceptors (Lipinski definition) is 5. The van der Waals surface area contributed by atoms with Gasteiger partial charge in [0, 0.05) is 12.6 Å². The second kappa shape index (κ2) is 8.20. The molecule has 0 radical (unpaired) electrons. The number of benzene rings is 1. The predicted molar refractivity (Wildman–Crippen MR) is 99.8 cm³/mol. The zero-order chi connectivity index (χ0) is 19.5. The van der Waals surface area contributed by atoms with Crippen molar-refractivity contribution >= 4 is 21.7 Å². The van der Waals surface area contributed by atoms with E-state index in [0.29, 0.717) is 18.5 Å². The highest BCUT2D eigenvalue weighted by Crippen LogP contribution is 2.20. The van der Waals surface area contributed by atoms with Crippen LogP contribution >= 0.6 is 0 Å². The van der Waals surface area contributed by atoms with Crippen LogP contribution in [0.5, 0.6) is 0 Å². The number of hydrogen-bond donors (Lipinski definition) is 0. The molecule has 1 aliphatic rings. The van der Waals surface area contributed by atoms with Gasteiger partial charge in [-0.15, -0.1) is 0 Å². The Hall–Kier alpha value is -1.89. The molecular formula is C19H27NO5S. The third-order valence-electron chi connectivity index (χ3n) is 4.46. The normalized spacial score (nSPS) is 18.7. The van der Waals surface area contributed by atoms with Gasteiger partial charge in [-0.2, -0.15) is 0 Å². The van der Waals surface area contributed by atoms with E-state index in [-0.39, 0.29) is 36.0 Å². The number of carbonyl (C=O) groups excluding carboxylic acids is 2. The predicted octanol–water partition coefficient (Wildman–Crippen LogP) is 2.13. The third-order valence-corrected chi connectivity index (χ3v) is 6.21. The second-order valence-electron chi connectivity index (χ2n) is 7.39. The summed E-state index contributed by atoms with van der Waals surface area (Å²) in [5.74, 6) is -0.617. The topological polar surface area (TPSA) is 80.8 Å². The van der Waals surface area contributed by atoms with Gasteiger partial charge in [0.05, 0.1) is 17.1 Å². The minimum atomic E-state index is -3.10. The smallest absolute Gasteiger partial charge is 0.338 e. The van der Waals surface area contributed by atoms with E-state index in [2.05, 4.69) is 0 Å². The molecular weight excluding hydrogens is 354 g/mol. The van der Waals surface area contributed by atoms with Crippen LogP contribution in [0.4, 0.5) is 0 Å². The zero-order valence-electron chi connectivity index (χ0n) is 15.8. The van der Waals surface area contributed by atoms with Gasteiger partial charge in [0.25, 0.3) is 5.91 Å². The fraction of sp³-hybridized carbons (Fsp3) is 0.579. The van der Waals surface area contributed by atoms with Crippen molar-refractivity contribution in [2.24, 2.45) is 5.92 Å². The first-order chi connectivity index (χ1) is 12.1. The van der Waals surface area contributed by atoms with Gasteiger partial charge in [-0.3, -0.25) is 4.79 Å². The molecule has 0 aromatic heterocycles. The van der Waals surface area contributed by atoms with Crippen LogP contribution in [0.25, 0.3) is 0 Å². The molecule has 0 aliphatic carbocycles. The number of rotatable bonds is 6. The Labute approximate surface area is 155 Å². The Morgan fingerprint density at radius 1 is 1.27 bits per heavy atom. The number of aryl methyl sites for hydroxylation is 2. The van der Waals surface area contributed by atoms with Crippen LogP contribution in [0, 0.1) is 19.8 Å². The van der Waals surface area contributed by atoms with Gasteiger partial charge < -0.3 is 9.64 Å². The van der Waals surface area contributed by atoms with Crippen LogP contribution in [-0.2, 0) is 19.4 Å². The SMILES string of the molecule is Cc1ccc(C(=O)OCC(=O)N(CC(C)C)C2CCS(=O)(=O)C2)c(C)c1. The molecule has 1 aliphatic heterocycles. The molecule has 1 amide bonds. The maximum absolute atomic E-state index is 12.6. The standard InChI is InChI=1S/C19H27NO5S/c1-13(2)10-20(16-7-8-26(23,24)12-16)18(21)11-25-19(22)17-6-5-14(3)9-15(17)4/h5-6,9,13,16H,7-8,10-12H2,1-4H3. The highest BCUT2D eigenvalue weighted by atomic mass is 32.2. The Bertz CT molecular complexity index is 785. The molecule has 1 fully saturated rings. The maximum atomic E-state index is 12.6. The lowest BCUT2D eigenvalue weighted by molar-refractivity contribution is -0.137. The fourth-order valence-electron chi connectivity index (χ4n) is 3.20. The fourth-order valence-corrected chi connectivity index (χ4v) is 4.93. The molecule has 0 N–H and O–H groups in total. The van der Waals surface area contributed by atoms with Crippen LogP contribution in [-0.4, -0.2) is 55.9 Å². The maximum Gasteiger partial charge on any atom is 0.338 e. The summed E-state index contributed by atoms with van der Waals surface area (Å²) >= 11 is 0. The van der Waals surface area contributed by atoms with Crippen LogP contribution in [0.15, 0.2) is 18.2 Å². The Kier molecular flexibility index (Phi) is 6.44. The van der Waals surface area contributed by atoms with Crippen molar-refractivity contribution in [2.45, 2.75) is 40.2 Å². The molecule has 7 heteroatoms. The van der Waals surface area contributed by atoms with E-state index in [1.54, 1.807) is 11.0 Å². The van der Waals surface area contributed by atoms with Crippen molar-refractivity contribution in [2.75, 3.05) is 24.7 Å². The molecule has 0 bridgehead atoms. The molecule has 1 unspecified atom stereocenters. The monoisotopic (exact) mass is 381 g/mol. The molecule has 0 saturated carbocycles. The van der Waals surface area contributed by atoms with Gasteiger partial charge in [-0.25, -0.2) is 13.2 Å². The molecule has 1 aromatic rings. The first kappa shape index (κ1) is 20.4. The van der Waals surface area contributed by atoms with Gasteiger partial charge in [0.2, 0.25) is 0 Å². The summed E-state index contributed by atoms with van der Waals surface area (Å²) in [5, 5.41) is 0. The van der Waals surface area contributed by atoms with Crippen LogP contribution in [0.3, 0.4) is 0 Å².